The zero-order valence-corrected chi connectivity index (χ0v) is 9.66. The van der Waals surface area contributed by atoms with Crippen LogP contribution < -0.4 is 5.32 Å². The predicted molar refractivity (Wildman–Crippen MR) is 61.2 cm³/mol. The summed E-state index contributed by atoms with van der Waals surface area (Å²) >= 11 is 1.58. The fraction of sp³-hybridized carbons (Fsp3) is 0.167. The van der Waals surface area contributed by atoms with E-state index in [1.807, 2.05) is 16.8 Å². The maximum absolute atomic E-state index is 12.9. The van der Waals surface area contributed by atoms with E-state index in [2.05, 4.69) is 5.32 Å². The molecule has 1 heterocycles. The lowest BCUT2D eigenvalue weighted by atomic mass is 10.2. The first-order valence-corrected chi connectivity index (χ1v) is 5.96. The van der Waals surface area contributed by atoms with Crippen LogP contribution in [0.15, 0.2) is 29.0 Å². The molecule has 0 atom stereocenters. The van der Waals surface area contributed by atoms with E-state index in [1.165, 1.54) is 0 Å². The number of hydrogen-bond donors (Lipinski definition) is 1. The van der Waals surface area contributed by atoms with Crippen molar-refractivity contribution in [3.63, 3.8) is 0 Å². The minimum absolute atomic E-state index is 0.296. The summed E-state index contributed by atoms with van der Waals surface area (Å²) in [6.07, 6.45) is 0. The van der Waals surface area contributed by atoms with Gasteiger partial charge < -0.3 is 5.32 Å². The molecule has 0 unspecified atom stereocenters. The molecule has 1 nitrogen and oxygen atoms in total. The largest absolute Gasteiger partial charge is 0.309 e. The van der Waals surface area contributed by atoms with E-state index in [0.717, 1.165) is 17.7 Å². The minimum atomic E-state index is -1.42. The van der Waals surface area contributed by atoms with Crippen molar-refractivity contribution in [3.8, 4) is 0 Å². The third-order valence-corrected chi connectivity index (χ3v) is 3.01. The Balaban J connectivity index is 1.95. The second-order valence-corrected chi connectivity index (χ2v) is 4.39. The standard InChI is InChI=1S/C12H10F3NS/c13-10-3-9(4-11(14)12(10)15)6-16-5-8-1-2-17-7-8/h1-4,7,16H,5-6H2. The SMILES string of the molecule is Fc1cc(CNCc2ccsc2)cc(F)c1F. The monoisotopic (exact) mass is 257 g/mol. The summed E-state index contributed by atoms with van der Waals surface area (Å²) in [5, 5.41) is 6.97. The normalized spacial score (nSPS) is 10.8. The summed E-state index contributed by atoms with van der Waals surface area (Å²) in [4.78, 5) is 0. The van der Waals surface area contributed by atoms with Gasteiger partial charge in [-0.1, -0.05) is 0 Å². The van der Waals surface area contributed by atoms with E-state index in [0.29, 0.717) is 18.7 Å². The first-order valence-electron chi connectivity index (χ1n) is 5.02. The van der Waals surface area contributed by atoms with Crippen molar-refractivity contribution < 1.29 is 13.2 Å². The van der Waals surface area contributed by atoms with Crippen LogP contribution >= 0.6 is 11.3 Å². The minimum Gasteiger partial charge on any atom is -0.309 e. The van der Waals surface area contributed by atoms with Crippen LogP contribution in [0.5, 0.6) is 0 Å². The molecule has 0 fully saturated rings. The molecule has 1 N–H and O–H groups in total. The fourth-order valence-corrected chi connectivity index (χ4v) is 2.12. The van der Waals surface area contributed by atoms with Gasteiger partial charge in [-0.3, -0.25) is 0 Å². The third kappa shape index (κ3) is 3.08. The summed E-state index contributed by atoms with van der Waals surface area (Å²) in [6, 6.07) is 3.96. The molecule has 2 rings (SSSR count). The molecular formula is C12H10F3NS. The van der Waals surface area contributed by atoms with E-state index in [9.17, 15) is 13.2 Å². The topological polar surface area (TPSA) is 12.0 Å². The van der Waals surface area contributed by atoms with Gasteiger partial charge >= 0.3 is 0 Å². The molecule has 0 aliphatic rings. The Morgan fingerprint density at radius 1 is 1.00 bits per heavy atom. The fourth-order valence-electron chi connectivity index (χ4n) is 1.45. The zero-order valence-electron chi connectivity index (χ0n) is 8.84. The Labute approximate surface area is 101 Å². The summed E-state index contributed by atoms with van der Waals surface area (Å²) in [6.45, 7) is 0.911. The van der Waals surface area contributed by atoms with Crippen molar-refractivity contribution in [1.29, 1.82) is 0 Å². The molecule has 90 valence electrons. The van der Waals surface area contributed by atoms with Crippen LogP contribution in [-0.2, 0) is 13.1 Å². The molecule has 0 amide bonds. The van der Waals surface area contributed by atoms with E-state index in [-0.39, 0.29) is 0 Å². The van der Waals surface area contributed by atoms with Crippen molar-refractivity contribution >= 4 is 11.3 Å². The molecule has 1 aromatic carbocycles. The van der Waals surface area contributed by atoms with Crippen LogP contribution in [0, 0.1) is 17.5 Å². The van der Waals surface area contributed by atoms with Gasteiger partial charge in [0.2, 0.25) is 0 Å². The van der Waals surface area contributed by atoms with Gasteiger partial charge in [0.05, 0.1) is 0 Å². The molecule has 17 heavy (non-hydrogen) atoms. The van der Waals surface area contributed by atoms with Crippen LogP contribution in [0.1, 0.15) is 11.1 Å². The van der Waals surface area contributed by atoms with Crippen molar-refractivity contribution in [2.45, 2.75) is 13.1 Å². The lowest BCUT2D eigenvalue weighted by Crippen LogP contribution is -2.12. The smallest absolute Gasteiger partial charge is 0.194 e. The summed E-state index contributed by atoms with van der Waals surface area (Å²) < 4.78 is 38.5. The predicted octanol–water partition coefficient (Wildman–Crippen LogP) is 3.46. The highest BCUT2D eigenvalue weighted by Crippen LogP contribution is 2.13. The molecule has 0 spiro atoms. The quantitative estimate of drug-likeness (QED) is 0.827. The van der Waals surface area contributed by atoms with Crippen LogP contribution in [0.3, 0.4) is 0 Å². The number of nitrogens with one attached hydrogen (secondary N) is 1. The second kappa shape index (κ2) is 5.33. The van der Waals surface area contributed by atoms with E-state index >= 15 is 0 Å². The van der Waals surface area contributed by atoms with Crippen LogP contribution in [-0.4, -0.2) is 0 Å². The zero-order chi connectivity index (χ0) is 12.3. The number of rotatable bonds is 4. The first-order chi connectivity index (χ1) is 8.16. The maximum Gasteiger partial charge on any atom is 0.194 e. The lowest BCUT2D eigenvalue weighted by Gasteiger charge is -2.05. The Bertz CT molecular complexity index is 473. The molecule has 2 aromatic rings. The summed E-state index contributed by atoms with van der Waals surface area (Å²) in [5.41, 5.74) is 1.50. The summed E-state index contributed by atoms with van der Waals surface area (Å²) in [5.74, 6) is -3.73. The van der Waals surface area contributed by atoms with Crippen molar-refractivity contribution in [2.75, 3.05) is 0 Å². The number of benzene rings is 1. The average molecular weight is 257 g/mol. The molecule has 0 aliphatic heterocycles. The van der Waals surface area contributed by atoms with Crippen LogP contribution in [0.4, 0.5) is 13.2 Å². The van der Waals surface area contributed by atoms with Gasteiger partial charge in [0.15, 0.2) is 17.5 Å². The molecule has 0 bridgehead atoms. The highest BCUT2D eigenvalue weighted by atomic mass is 32.1. The Kier molecular flexibility index (Phi) is 3.81. The number of thiophene rings is 1. The maximum atomic E-state index is 12.9. The van der Waals surface area contributed by atoms with Gasteiger partial charge in [-0.2, -0.15) is 11.3 Å². The molecular weight excluding hydrogens is 247 g/mol. The van der Waals surface area contributed by atoms with E-state index in [4.69, 9.17) is 0 Å². The van der Waals surface area contributed by atoms with Gasteiger partial charge in [-0.05, 0) is 40.1 Å². The highest BCUT2D eigenvalue weighted by Gasteiger charge is 2.09. The van der Waals surface area contributed by atoms with Crippen molar-refractivity contribution in [3.05, 3.63) is 57.5 Å². The molecule has 0 aliphatic carbocycles. The molecule has 0 radical (unpaired) electrons. The van der Waals surface area contributed by atoms with Gasteiger partial charge in [0.1, 0.15) is 0 Å². The van der Waals surface area contributed by atoms with Crippen LogP contribution in [0.25, 0.3) is 0 Å². The molecule has 1 aromatic heterocycles. The number of hydrogen-bond acceptors (Lipinski definition) is 2. The third-order valence-electron chi connectivity index (χ3n) is 2.28. The first kappa shape index (κ1) is 12.1. The number of halogens is 3. The van der Waals surface area contributed by atoms with Crippen molar-refractivity contribution in [1.82, 2.24) is 5.32 Å². The lowest BCUT2D eigenvalue weighted by molar-refractivity contribution is 0.444. The Morgan fingerprint density at radius 3 is 2.24 bits per heavy atom. The summed E-state index contributed by atoms with van der Waals surface area (Å²) in [7, 11) is 0. The van der Waals surface area contributed by atoms with Gasteiger partial charge in [-0.25, -0.2) is 13.2 Å². The average Bonchev–Trinajstić information content (AvgIpc) is 2.79. The molecule has 0 saturated heterocycles. The van der Waals surface area contributed by atoms with E-state index < -0.39 is 17.5 Å². The molecule has 5 heteroatoms. The second-order valence-electron chi connectivity index (χ2n) is 3.61. The van der Waals surface area contributed by atoms with Crippen LogP contribution in [0.2, 0.25) is 0 Å². The van der Waals surface area contributed by atoms with Gasteiger partial charge in [0.25, 0.3) is 0 Å². The Morgan fingerprint density at radius 2 is 1.65 bits per heavy atom. The van der Waals surface area contributed by atoms with Gasteiger partial charge in [0, 0.05) is 13.1 Å². The molecule has 0 saturated carbocycles. The van der Waals surface area contributed by atoms with Gasteiger partial charge in [-0.15, -0.1) is 0 Å². The van der Waals surface area contributed by atoms with Crippen molar-refractivity contribution in [2.24, 2.45) is 0 Å². The Hall–Kier alpha value is -1.33. The highest BCUT2D eigenvalue weighted by molar-refractivity contribution is 7.07. The van der Waals surface area contributed by atoms with E-state index in [1.54, 1.807) is 11.3 Å².